The zero-order chi connectivity index (χ0) is 35.8. The summed E-state index contributed by atoms with van der Waals surface area (Å²) in [6.07, 6.45) is 5.92. The number of para-hydroxylation sites is 1. The van der Waals surface area contributed by atoms with Gasteiger partial charge in [-0.05, 0) is 104 Å². The van der Waals surface area contributed by atoms with E-state index in [2.05, 4.69) is 100 Å². The van der Waals surface area contributed by atoms with Crippen LogP contribution in [0, 0.1) is 18.8 Å². The zero-order valence-corrected chi connectivity index (χ0v) is 30.5. The number of hydrogen-bond acceptors (Lipinski definition) is 7. The van der Waals surface area contributed by atoms with Crippen molar-refractivity contribution >= 4 is 33.6 Å². The van der Waals surface area contributed by atoms with E-state index in [1.54, 1.807) is 0 Å². The number of nitrogens with zero attached hydrogens (tertiary/aromatic N) is 6. The quantitative estimate of drug-likeness (QED) is 0.131. The summed E-state index contributed by atoms with van der Waals surface area (Å²) in [5.74, 6) is 2.11. The Balaban J connectivity index is 1.05. The molecular weight excluding hydrogens is 665 g/mol. The minimum atomic E-state index is -0.0180. The number of aromatic nitrogens is 4. The van der Waals surface area contributed by atoms with Crippen LogP contribution in [0.15, 0.2) is 122 Å². The van der Waals surface area contributed by atoms with Crippen LogP contribution in [0.1, 0.15) is 29.2 Å². The van der Waals surface area contributed by atoms with Gasteiger partial charge < -0.3 is 14.5 Å². The molecule has 0 unspecified atom stereocenters. The number of benzene rings is 4. The minimum Gasteiger partial charge on any atom is -0.457 e. The van der Waals surface area contributed by atoms with E-state index in [1.165, 1.54) is 17.3 Å². The van der Waals surface area contributed by atoms with E-state index in [1.807, 2.05) is 67.4 Å². The molecule has 0 radical (unpaired) electrons. The van der Waals surface area contributed by atoms with Crippen LogP contribution in [0.25, 0.3) is 33.4 Å². The lowest BCUT2D eigenvalue weighted by atomic mass is 9.79. The maximum atomic E-state index is 13.6. The van der Waals surface area contributed by atoms with E-state index in [0.717, 1.165) is 75.6 Å². The van der Waals surface area contributed by atoms with Gasteiger partial charge in [-0.25, -0.2) is 4.98 Å². The second-order valence-electron chi connectivity index (χ2n) is 14.1. The maximum absolute atomic E-state index is 13.6. The van der Waals surface area contributed by atoms with E-state index in [-0.39, 0.29) is 22.4 Å². The van der Waals surface area contributed by atoms with Gasteiger partial charge in [0, 0.05) is 55.4 Å². The SMILES string of the molecule is C=C[C@@H](Cn1cc(-c2ccc(N(C)C)cc2)nn1)[C@H]1CCN2C(=O)S[C@@H](c3cc(-c4ccc(Oc5ccccc5)cc4)nc4ccc(C)cc34)[C@@H]2C1. The monoisotopic (exact) mass is 706 g/mol. The van der Waals surface area contributed by atoms with Crippen LogP contribution >= 0.6 is 11.8 Å². The molecule has 2 aromatic heterocycles. The van der Waals surface area contributed by atoms with Crippen LogP contribution in [0.5, 0.6) is 11.5 Å². The molecule has 4 aromatic carbocycles. The summed E-state index contributed by atoms with van der Waals surface area (Å²) in [5, 5.41) is 10.3. The lowest BCUT2D eigenvalue weighted by molar-refractivity contribution is 0.129. The molecule has 8 rings (SSSR count). The first-order valence-electron chi connectivity index (χ1n) is 17.9. The smallest absolute Gasteiger partial charge is 0.282 e. The molecule has 0 saturated carbocycles. The average Bonchev–Trinajstić information content (AvgIpc) is 3.78. The number of pyridine rings is 1. The Bertz CT molecular complexity index is 2220. The summed E-state index contributed by atoms with van der Waals surface area (Å²) in [6.45, 7) is 7.80. The molecule has 262 valence electrons. The summed E-state index contributed by atoms with van der Waals surface area (Å²) in [6, 6.07) is 35.0. The number of carbonyl (C=O) groups is 1. The van der Waals surface area contributed by atoms with Crippen molar-refractivity contribution in [3.8, 4) is 34.0 Å². The third-order valence-electron chi connectivity index (χ3n) is 10.5. The van der Waals surface area contributed by atoms with Crippen molar-refractivity contribution in [2.45, 2.75) is 37.6 Å². The highest BCUT2D eigenvalue weighted by Gasteiger charge is 2.46. The lowest BCUT2D eigenvalue weighted by Gasteiger charge is -2.39. The Morgan fingerprint density at radius 1 is 0.942 bits per heavy atom. The van der Waals surface area contributed by atoms with E-state index >= 15 is 0 Å². The fourth-order valence-corrected chi connectivity index (χ4v) is 8.92. The Morgan fingerprint density at radius 3 is 2.42 bits per heavy atom. The summed E-state index contributed by atoms with van der Waals surface area (Å²) in [7, 11) is 4.07. The summed E-state index contributed by atoms with van der Waals surface area (Å²) >= 11 is 1.46. The van der Waals surface area contributed by atoms with Crippen LogP contribution < -0.4 is 9.64 Å². The molecule has 0 N–H and O–H groups in total. The Labute approximate surface area is 309 Å². The molecule has 2 fully saturated rings. The average molecular weight is 707 g/mol. The van der Waals surface area contributed by atoms with Gasteiger partial charge in [0.25, 0.3) is 5.24 Å². The van der Waals surface area contributed by atoms with Gasteiger partial charge in [0.2, 0.25) is 0 Å². The summed E-state index contributed by atoms with van der Waals surface area (Å²) in [4.78, 5) is 22.9. The number of rotatable bonds is 10. The number of aryl methyl sites for hydroxylation is 1. The summed E-state index contributed by atoms with van der Waals surface area (Å²) < 4.78 is 8.00. The van der Waals surface area contributed by atoms with E-state index in [0.29, 0.717) is 12.5 Å². The van der Waals surface area contributed by atoms with Gasteiger partial charge in [-0.2, -0.15) is 0 Å². The predicted molar refractivity (Wildman–Crippen MR) is 211 cm³/mol. The fraction of sp³-hybridized carbons (Fsp3) is 0.256. The molecule has 4 atom stereocenters. The van der Waals surface area contributed by atoms with Crippen molar-refractivity contribution in [2.75, 3.05) is 25.5 Å². The molecule has 0 spiro atoms. The predicted octanol–water partition coefficient (Wildman–Crippen LogP) is 9.82. The highest BCUT2D eigenvalue weighted by molar-refractivity contribution is 8.14. The molecule has 2 saturated heterocycles. The molecule has 0 bridgehead atoms. The highest BCUT2D eigenvalue weighted by atomic mass is 32.2. The highest BCUT2D eigenvalue weighted by Crippen LogP contribution is 2.51. The maximum Gasteiger partial charge on any atom is 0.282 e. The normalized spacial score (nSPS) is 19.0. The first-order valence-corrected chi connectivity index (χ1v) is 18.7. The van der Waals surface area contributed by atoms with Crippen LogP contribution in [0.2, 0.25) is 0 Å². The van der Waals surface area contributed by atoms with Crippen molar-refractivity contribution in [2.24, 2.45) is 11.8 Å². The number of piperidine rings is 1. The van der Waals surface area contributed by atoms with E-state index in [9.17, 15) is 4.79 Å². The Morgan fingerprint density at radius 2 is 1.67 bits per heavy atom. The molecule has 1 amide bonds. The van der Waals surface area contributed by atoms with Crippen molar-refractivity contribution in [3.63, 3.8) is 0 Å². The molecular formula is C43H42N6O2S. The number of ether oxygens (including phenoxy) is 1. The molecule has 6 aromatic rings. The Kier molecular flexibility index (Phi) is 9.28. The number of fused-ring (bicyclic) bond motifs is 2. The third kappa shape index (κ3) is 6.80. The Hall–Kier alpha value is -5.41. The molecule has 2 aliphatic rings. The number of thioether (sulfide) groups is 1. The van der Waals surface area contributed by atoms with Gasteiger partial charge in [0.1, 0.15) is 17.2 Å². The first kappa shape index (κ1) is 33.7. The minimum absolute atomic E-state index is 0.0180. The van der Waals surface area contributed by atoms with E-state index in [4.69, 9.17) is 9.72 Å². The fourth-order valence-electron chi connectivity index (χ4n) is 7.60. The van der Waals surface area contributed by atoms with Crippen molar-refractivity contribution < 1.29 is 9.53 Å². The molecule has 4 heterocycles. The van der Waals surface area contributed by atoms with Gasteiger partial charge >= 0.3 is 0 Å². The second-order valence-corrected chi connectivity index (χ2v) is 15.2. The van der Waals surface area contributed by atoms with Gasteiger partial charge in [-0.1, -0.05) is 65.0 Å². The van der Waals surface area contributed by atoms with Crippen molar-refractivity contribution in [1.82, 2.24) is 24.9 Å². The van der Waals surface area contributed by atoms with Crippen molar-refractivity contribution in [1.29, 1.82) is 0 Å². The van der Waals surface area contributed by atoms with Crippen LogP contribution in [-0.2, 0) is 6.54 Å². The van der Waals surface area contributed by atoms with Crippen molar-refractivity contribution in [3.05, 3.63) is 133 Å². The molecule has 52 heavy (non-hydrogen) atoms. The van der Waals surface area contributed by atoms with Crippen LogP contribution in [0.4, 0.5) is 10.5 Å². The first-order chi connectivity index (χ1) is 25.3. The number of anilines is 1. The molecule has 0 aliphatic carbocycles. The van der Waals surface area contributed by atoms with Gasteiger partial charge in [0.05, 0.1) is 22.7 Å². The summed E-state index contributed by atoms with van der Waals surface area (Å²) in [5.41, 5.74) is 8.20. The molecule has 2 aliphatic heterocycles. The zero-order valence-electron chi connectivity index (χ0n) is 29.7. The van der Waals surface area contributed by atoms with Gasteiger partial charge in [0.15, 0.2) is 0 Å². The molecule has 9 heteroatoms. The number of amides is 1. The topological polar surface area (TPSA) is 76.4 Å². The third-order valence-corrected chi connectivity index (χ3v) is 11.7. The number of allylic oxidation sites excluding steroid dienone is 1. The number of hydrogen-bond donors (Lipinski definition) is 0. The van der Waals surface area contributed by atoms with Gasteiger partial charge in [-0.15, -0.1) is 11.7 Å². The van der Waals surface area contributed by atoms with Crippen LogP contribution in [-0.4, -0.2) is 56.8 Å². The standard InChI is InChI=1S/C43H42N6O2S/c1-5-29(26-48-27-40(45-46-48)31-12-16-33(17-13-31)47(3)4)32-21-22-49-41(24-32)42(52-43(49)50)37-25-39(44-38-20-11-28(2)23-36(37)38)30-14-18-35(19-15-30)51-34-9-7-6-8-10-34/h5-20,23,25,27,29,32,41-42H,1,21-22,24,26H2,2-4H3/t29-,32-,41-,42-/m0/s1. The molecule has 8 nitrogen and oxygen atoms in total. The number of carbonyl (C=O) groups excluding carboxylic acids is 1. The van der Waals surface area contributed by atoms with E-state index < -0.39 is 0 Å². The lowest BCUT2D eigenvalue weighted by Crippen LogP contribution is -2.43. The van der Waals surface area contributed by atoms with Gasteiger partial charge in [-0.3, -0.25) is 9.48 Å². The largest absolute Gasteiger partial charge is 0.457 e. The van der Waals surface area contributed by atoms with Crippen LogP contribution in [0.3, 0.4) is 0 Å². The second kappa shape index (κ2) is 14.3.